The zero-order valence-electron chi connectivity index (χ0n) is 14.3. The first kappa shape index (κ1) is 17.4. The first-order valence-electron chi connectivity index (χ1n) is 8.65. The predicted octanol–water partition coefficient (Wildman–Crippen LogP) is 3.29. The number of amides is 1. The van der Waals surface area contributed by atoms with E-state index in [9.17, 15) is 9.18 Å². The molecule has 0 aliphatic carbocycles. The molecule has 1 saturated heterocycles. The standard InChI is InChI=1S/C18H22FN3O3/c1-2-6-17(23)22-10-5-7-13(11-22)18-20-16(21-25-18)12-24-15-9-4-3-8-14(15)19/h3-4,8-9,13H,2,5-7,10-12H2,1H3/t13-/m0/s1. The summed E-state index contributed by atoms with van der Waals surface area (Å²) < 4.78 is 24.3. The molecule has 0 radical (unpaired) electrons. The van der Waals surface area contributed by atoms with Crippen LogP contribution in [0.15, 0.2) is 28.8 Å². The summed E-state index contributed by atoms with van der Waals surface area (Å²) in [6.45, 7) is 3.43. The maximum absolute atomic E-state index is 13.5. The molecule has 2 aromatic rings. The van der Waals surface area contributed by atoms with Crippen molar-refractivity contribution in [3.8, 4) is 5.75 Å². The number of rotatable bonds is 6. The van der Waals surface area contributed by atoms with E-state index >= 15 is 0 Å². The number of halogens is 1. The molecule has 25 heavy (non-hydrogen) atoms. The van der Waals surface area contributed by atoms with Crippen molar-refractivity contribution in [3.05, 3.63) is 41.8 Å². The second-order valence-electron chi connectivity index (χ2n) is 6.20. The number of piperidine rings is 1. The van der Waals surface area contributed by atoms with Gasteiger partial charge in [0.1, 0.15) is 0 Å². The van der Waals surface area contributed by atoms with Crippen LogP contribution in [0, 0.1) is 5.82 Å². The third-order valence-corrected chi connectivity index (χ3v) is 4.26. The quantitative estimate of drug-likeness (QED) is 0.802. The Morgan fingerprint density at radius 3 is 3.08 bits per heavy atom. The maximum Gasteiger partial charge on any atom is 0.231 e. The largest absolute Gasteiger partial charge is 0.482 e. The Labute approximate surface area is 146 Å². The Hall–Kier alpha value is -2.44. The summed E-state index contributed by atoms with van der Waals surface area (Å²) in [7, 11) is 0. The van der Waals surface area contributed by atoms with Gasteiger partial charge in [-0.2, -0.15) is 4.98 Å². The van der Waals surface area contributed by atoms with Crippen molar-refractivity contribution in [1.29, 1.82) is 0 Å². The van der Waals surface area contributed by atoms with E-state index < -0.39 is 5.82 Å². The van der Waals surface area contributed by atoms with Gasteiger partial charge in [0.25, 0.3) is 0 Å². The topological polar surface area (TPSA) is 68.5 Å². The zero-order valence-corrected chi connectivity index (χ0v) is 14.3. The second-order valence-corrected chi connectivity index (χ2v) is 6.20. The van der Waals surface area contributed by atoms with Crippen LogP contribution in [0.4, 0.5) is 4.39 Å². The first-order chi connectivity index (χ1) is 12.2. The molecule has 1 aromatic heterocycles. The van der Waals surface area contributed by atoms with E-state index in [0.717, 1.165) is 25.8 Å². The van der Waals surface area contributed by atoms with Crippen LogP contribution in [0.2, 0.25) is 0 Å². The molecule has 0 spiro atoms. The van der Waals surface area contributed by atoms with Gasteiger partial charge in [-0.1, -0.05) is 24.2 Å². The molecule has 0 saturated carbocycles. The van der Waals surface area contributed by atoms with E-state index in [4.69, 9.17) is 9.26 Å². The Kier molecular flexibility index (Phi) is 5.63. The van der Waals surface area contributed by atoms with Crippen LogP contribution in [0.5, 0.6) is 5.75 Å². The highest BCUT2D eigenvalue weighted by atomic mass is 19.1. The van der Waals surface area contributed by atoms with Crippen molar-refractivity contribution < 1.29 is 18.4 Å². The van der Waals surface area contributed by atoms with Crippen LogP contribution >= 0.6 is 0 Å². The van der Waals surface area contributed by atoms with Crippen LogP contribution in [-0.4, -0.2) is 34.0 Å². The van der Waals surface area contributed by atoms with Gasteiger partial charge in [0.2, 0.25) is 17.6 Å². The van der Waals surface area contributed by atoms with Crippen molar-refractivity contribution >= 4 is 5.91 Å². The summed E-state index contributed by atoms with van der Waals surface area (Å²) in [5.74, 6) is 0.835. The minimum Gasteiger partial charge on any atom is -0.482 e. The highest BCUT2D eigenvalue weighted by molar-refractivity contribution is 5.76. The minimum atomic E-state index is -0.427. The number of ether oxygens (including phenoxy) is 1. The van der Waals surface area contributed by atoms with Crippen LogP contribution in [-0.2, 0) is 11.4 Å². The van der Waals surface area contributed by atoms with E-state index in [1.165, 1.54) is 6.07 Å². The lowest BCUT2D eigenvalue weighted by Crippen LogP contribution is -2.39. The van der Waals surface area contributed by atoms with Gasteiger partial charge >= 0.3 is 0 Å². The molecule has 6 nitrogen and oxygen atoms in total. The fourth-order valence-electron chi connectivity index (χ4n) is 2.97. The Morgan fingerprint density at radius 1 is 1.44 bits per heavy atom. The average Bonchev–Trinajstić information content (AvgIpc) is 3.10. The van der Waals surface area contributed by atoms with Crippen molar-refractivity contribution in [2.45, 2.75) is 45.1 Å². The lowest BCUT2D eigenvalue weighted by molar-refractivity contribution is -0.132. The molecule has 134 valence electrons. The first-order valence-corrected chi connectivity index (χ1v) is 8.65. The molecule has 0 N–H and O–H groups in total. The SMILES string of the molecule is CCCC(=O)N1CCC[C@H](c2nc(COc3ccccc3F)no2)C1. The molecule has 1 aliphatic rings. The summed E-state index contributed by atoms with van der Waals surface area (Å²) >= 11 is 0. The molecule has 1 fully saturated rings. The molecule has 1 aliphatic heterocycles. The van der Waals surface area contributed by atoms with Crippen molar-refractivity contribution in [2.75, 3.05) is 13.1 Å². The third kappa shape index (κ3) is 4.35. The van der Waals surface area contributed by atoms with Gasteiger partial charge < -0.3 is 14.2 Å². The van der Waals surface area contributed by atoms with Crippen molar-refractivity contribution in [3.63, 3.8) is 0 Å². The van der Waals surface area contributed by atoms with Crippen LogP contribution in [0.1, 0.15) is 50.2 Å². The number of hydrogen-bond acceptors (Lipinski definition) is 5. The minimum absolute atomic E-state index is 0.0373. The Morgan fingerprint density at radius 2 is 2.28 bits per heavy atom. The fraction of sp³-hybridized carbons (Fsp3) is 0.500. The summed E-state index contributed by atoms with van der Waals surface area (Å²) in [6.07, 6.45) is 3.24. The molecule has 1 aromatic carbocycles. The normalized spacial score (nSPS) is 17.5. The lowest BCUT2D eigenvalue weighted by atomic mass is 9.97. The lowest BCUT2D eigenvalue weighted by Gasteiger charge is -2.31. The second kappa shape index (κ2) is 8.09. The molecule has 3 rings (SSSR count). The van der Waals surface area contributed by atoms with Gasteiger partial charge in [-0.15, -0.1) is 0 Å². The monoisotopic (exact) mass is 347 g/mol. The molecule has 0 bridgehead atoms. The summed E-state index contributed by atoms with van der Waals surface area (Å²) in [4.78, 5) is 18.3. The third-order valence-electron chi connectivity index (χ3n) is 4.26. The molecular weight excluding hydrogens is 325 g/mol. The Bertz CT molecular complexity index is 719. The van der Waals surface area contributed by atoms with Crippen LogP contribution < -0.4 is 4.74 Å². The number of hydrogen-bond donors (Lipinski definition) is 0. The van der Waals surface area contributed by atoms with E-state index in [1.807, 2.05) is 11.8 Å². The summed E-state index contributed by atoms with van der Waals surface area (Å²) in [5, 5.41) is 3.91. The van der Waals surface area contributed by atoms with Gasteiger partial charge in [0.15, 0.2) is 18.2 Å². The van der Waals surface area contributed by atoms with E-state index in [0.29, 0.717) is 24.7 Å². The number of benzene rings is 1. The highest BCUT2D eigenvalue weighted by Gasteiger charge is 2.28. The maximum atomic E-state index is 13.5. The van der Waals surface area contributed by atoms with Gasteiger partial charge in [0, 0.05) is 19.5 Å². The zero-order chi connectivity index (χ0) is 17.6. The molecule has 7 heteroatoms. The molecule has 0 unspecified atom stereocenters. The Balaban J connectivity index is 1.59. The highest BCUT2D eigenvalue weighted by Crippen LogP contribution is 2.26. The number of nitrogens with zero attached hydrogens (tertiary/aromatic N) is 3. The van der Waals surface area contributed by atoms with Crippen LogP contribution in [0.3, 0.4) is 0 Å². The summed E-state index contributed by atoms with van der Waals surface area (Å²) in [6, 6.07) is 6.18. The van der Waals surface area contributed by atoms with Gasteiger partial charge in [-0.25, -0.2) is 4.39 Å². The van der Waals surface area contributed by atoms with Gasteiger partial charge in [0.05, 0.1) is 5.92 Å². The fourth-order valence-corrected chi connectivity index (χ4v) is 2.97. The molecule has 1 atom stereocenters. The van der Waals surface area contributed by atoms with Crippen molar-refractivity contribution in [2.24, 2.45) is 0 Å². The van der Waals surface area contributed by atoms with Crippen LogP contribution in [0.25, 0.3) is 0 Å². The van der Waals surface area contributed by atoms with E-state index in [1.54, 1.807) is 18.2 Å². The van der Waals surface area contributed by atoms with Crippen molar-refractivity contribution in [1.82, 2.24) is 15.0 Å². The number of carbonyl (C=O) groups is 1. The van der Waals surface area contributed by atoms with E-state index in [2.05, 4.69) is 10.1 Å². The summed E-state index contributed by atoms with van der Waals surface area (Å²) in [5.41, 5.74) is 0. The smallest absolute Gasteiger partial charge is 0.231 e. The van der Waals surface area contributed by atoms with Gasteiger partial charge in [-0.3, -0.25) is 4.79 Å². The molecular formula is C18H22FN3O3. The number of likely N-dealkylation sites (tertiary alicyclic amines) is 1. The number of para-hydroxylation sites is 1. The van der Waals surface area contributed by atoms with Gasteiger partial charge in [-0.05, 0) is 31.4 Å². The molecule has 1 amide bonds. The van der Waals surface area contributed by atoms with E-state index in [-0.39, 0.29) is 24.2 Å². The molecule has 2 heterocycles. The number of aromatic nitrogens is 2. The number of carbonyl (C=O) groups excluding carboxylic acids is 1. The average molecular weight is 347 g/mol. The predicted molar refractivity (Wildman–Crippen MR) is 88.5 cm³/mol.